The lowest BCUT2D eigenvalue weighted by molar-refractivity contribution is -0.133. The number of nitrogens with one attached hydrogen (secondary N) is 1. The van der Waals surface area contributed by atoms with Gasteiger partial charge in [0.05, 0.1) is 17.0 Å². The molecule has 1 saturated heterocycles. The van der Waals surface area contributed by atoms with E-state index < -0.39 is 12.3 Å². The SMILES string of the molecule is CC(CO)Cn1/c(=N/C(=O)c2cccc(C(F)F)c2)[nH]c2cc(C3CCCN(C)C3=O)ccc21. The van der Waals surface area contributed by atoms with Gasteiger partial charge in [-0.15, -0.1) is 0 Å². The number of likely N-dealkylation sites (N-methyl/N-ethyl adjacent to an activating group) is 1. The molecule has 1 aromatic heterocycles. The first-order valence-corrected chi connectivity index (χ1v) is 11.3. The van der Waals surface area contributed by atoms with Crippen molar-refractivity contribution in [1.82, 2.24) is 14.5 Å². The van der Waals surface area contributed by atoms with Crippen LogP contribution in [0.1, 0.15) is 53.6 Å². The summed E-state index contributed by atoms with van der Waals surface area (Å²) in [6, 6.07) is 11.0. The average molecular weight is 471 g/mol. The van der Waals surface area contributed by atoms with Crippen molar-refractivity contribution in [1.29, 1.82) is 0 Å². The van der Waals surface area contributed by atoms with Gasteiger partial charge in [-0.1, -0.05) is 25.1 Å². The van der Waals surface area contributed by atoms with Gasteiger partial charge in [0.2, 0.25) is 11.5 Å². The molecule has 1 fully saturated rings. The summed E-state index contributed by atoms with van der Waals surface area (Å²) in [7, 11) is 1.80. The van der Waals surface area contributed by atoms with Gasteiger partial charge in [-0.05, 0) is 48.6 Å². The van der Waals surface area contributed by atoms with Crippen LogP contribution in [0, 0.1) is 5.92 Å². The van der Waals surface area contributed by atoms with E-state index in [-0.39, 0.29) is 41.1 Å². The standard InChI is InChI=1S/C25H28F2N4O3/c1-15(14-32)13-31-21-9-8-16(19-7-4-10-30(2)24(19)34)12-20(21)28-25(31)29-23(33)18-6-3-5-17(11-18)22(26)27/h3,5-6,8-9,11-12,15,19,22,32H,4,7,10,13-14H2,1-2H3,(H,28,29,33). The van der Waals surface area contributed by atoms with Gasteiger partial charge in [-0.2, -0.15) is 4.99 Å². The van der Waals surface area contributed by atoms with E-state index in [9.17, 15) is 23.5 Å². The van der Waals surface area contributed by atoms with Gasteiger partial charge in [-0.25, -0.2) is 8.78 Å². The van der Waals surface area contributed by atoms with E-state index in [4.69, 9.17) is 0 Å². The van der Waals surface area contributed by atoms with E-state index in [0.29, 0.717) is 12.1 Å². The number of aliphatic hydroxyl groups is 1. The molecule has 0 bridgehead atoms. The molecule has 1 aliphatic rings. The molecule has 3 aromatic rings. The summed E-state index contributed by atoms with van der Waals surface area (Å²) >= 11 is 0. The summed E-state index contributed by atoms with van der Waals surface area (Å²) in [6.07, 6.45) is -0.986. The minimum absolute atomic E-state index is 0.0511. The van der Waals surface area contributed by atoms with E-state index in [1.54, 1.807) is 16.5 Å². The number of amides is 2. The molecule has 34 heavy (non-hydrogen) atoms. The van der Waals surface area contributed by atoms with E-state index in [1.807, 2.05) is 25.1 Å². The predicted octanol–water partition coefficient (Wildman–Crippen LogP) is 3.61. The van der Waals surface area contributed by atoms with Crippen molar-refractivity contribution in [2.75, 3.05) is 20.2 Å². The molecule has 1 aliphatic heterocycles. The lowest BCUT2D eigenvalue weighted by Crippen LogP contribution is -2.36. The summed E-state index contributed by atoms with van der Waals surface area (Å²) < 4.78 is 27.9. The van der Waals surface area contributed by atoms with E-state index in [1.165, 1.54) is 18.2 Å². The minimum Gasteiger partial charge on any atom is -0.396 e. The fourth-order valence-electron chi connectivity index (χ4n) is 4.36. The molecule has 0 saturated carbocycles. The Morgan fingerprint density at radius 1 is 1.26 bits per heavy atom. The van der Waals surface area contributed by atoms with Gasteiger partial charge in [-0.3, -0.25) is 9.59 Å². The molecule has 2 atom stereocenters. The Labute approximate surface area is 195 Å². The number of aromatic nitrogens is 2. The Hall–Kier alpha value is -3.33. The zero-order valence-electron chi connectivity index (χ0n) is 19.2. The molecule has 0 spiro atoms. The number of aromatic amines is 1. The number of fused-ring (bicyclic) bond motifs is 1. The lowest BCUT2D eigenvalue weighted by Gasteiger charge is -2.29. The van der Waals surface area contributed by atoms with Crippen LogP contribution in [0.5, 0.6) is 0 Å². The van der Waals surface area contributed by atoms with Gasteiger partial charge in [0, 0.05) is 37.9 Å². The molecule has 0 aliphatic carbocycles. The third kappa shape index (κ3) is 4.79. The molecule has 2 aromatic carbocycles. The molecule has 9 heteroatoms. The largest absolute Gasteiger partial charge is 0.396 e. The highest BCUT2D eigenvalue weighted by Crippen LogP contribution is 2.29. The van der Waals surface area contributed by atoms with Crippen molar-refractivity contribution in [3.05, 3.63) is 64.8 Å². The molecular formula is C25H28F2N4O3. The van der Waals surface area contributed by atoms with Crippen molar-refractivity contribution in [2.24, 2.45) is 10.9 Å². The van der Waals surface area contributed by atoms with Crippen LogP contribution in [0.2, 0.25) is 0 Å². The van der Waals surface area contributed by atoms with Crippen LogP contribution < -0.4 is 5.62 Å². The highest BCUT2D eigenvalue weighted by molar-refractivity contribution is 5.95. The first kappa shape index (κ1) is 23.8. The number of rotatable bonds is 6. The number of carbonyl (C=O) groups excluding carboxylic acids is 2. The molecule has 4 rings (SSSR count). The van der Waals surface area contributed by atoms with Crippen LogP contribution in [0.3, 0.4) is 0 Å². The second-order valence-electron chi connectivity index (χ2n) is 8.92. The predicted molar refractivity (Wildman–Crippen MR) is 123 cm³/mol. The maximum absolute atomic E-state index is 13.1. The van der Waals surface area contributed by atoms with Crippen molar-refractivity contribution in [3.63, 3.8) is 0 Å². The summed E-state index contributed by atoms with van der Waals surface area (Å²) in [5.41, 5.74) is 2.44. The topological polar surface area (TPSA) is 90.7 Å². The summed E-state index contributed by atoms with van der Waals surface area (Å²) in [5, 5.41) is 9.57. The zero-order chi connectivity index (χ0) is 24.4. The molecule has 0 radical (unpaired) electrons. The maximum Gasteiger partial charge on any atom is 0.280 e. The second-order valence-corrected chi connectivity index (χ2v) is 8.92. The number of aliphatic hydroxyl groups excluding tert-OH is 1. The molecule has 2 N–H and O–H groups in total. The van der Waals surface area contributed by atoms with Crippen LogP contribution in [0.25, 0.3) is 11.0 Å². The Morgan fingerprint density at radius 2 is 2.06 bits per heavy atom. The van der Waals surface area contributed by atoms with Gasteiger partial charge >= 0.3 is 0 Å². The van der Waals surface area contributed by atoms with E-state index in [2.05, 4.69) is 9.98 Å². The van der Waals surface area contributed by atoms with Gasteiger partial charge in [0.25, 0.3) is 12.3 Å². The van der Waals surface area contributed by atoms with Crippen molar-refractivity contribution in [3.8, 4) is 0 Å². The smallest absolute Gasteiger partial charge is 0.280 e. The Bertz CT molecular complexity index is 1280. The fraction of sp³-hybridized carbons (Fsp3) is 0.400. The number of piperidine rings is 1. The number of hydrogen-bond acceptors (Lipinski definition) is 3. The average Bonchev–Trinajstić information content (AvgIpc) is 3.16. The van der Waals surface area contributed by atoms with E-state index in [0.717, 1.165) is 36.5 Å². The number of hydrogen-bond donors (Lipinski definition) is 2. The monoisotopic (exact) mass is 470 g/mol. The molecule has 180 valence electrons. The normalized spacial score (nSPS) is 18.2. The van der Waals surface area contributed by atoms with Crippen LogP contribution in [-0.2, 0) is 11.3 Å². The molecule has 2 heterocycles. The highest BCUT2D eigenvalue weighted by Gasteiger charge is 2.28. The number of halogens is 2. The third-order valence-corrected chi connectivity index (χ3v) is 6.28. The molecule has 2 amide bonds. The molecular weight excluding hydrogens is 442 g/mol. The quantitative estimate of drug-likeness (QED) is 0.577. The number of nitrogens with zero attached hydrogens (tertiary/aromatic N) is 3. The number of benzene rings is 2. The van der Waals surface area contributed by atoms with E-state index >= 15 is 0 Å². The van der Waals surface area contributed by atoms with Crippen molar-refractivity contribution >= 4 is 22.8 Å². The third-order valence-electron chi connectivity index (χ3n) is 6.28. The van der Waals surface area contributed by atoms with Crippen LogP contribution >= 0.6 is 0 Å². The van der Waals surface area contributed by atoms with Gasteiger partial charge in [0.15, 0.2) is 0 Å². The number of likely N-dealkylation sites (tertiary alicyclic amines) is 1. The van der Waals surface area contributed by atoms with Gasteiger partial charge in [0.1, 0.15) is 0 Å². The lowest BCUT2D eigenvalue weighted by atomic mass is 9.90. The zero-order valence-corrected chi connectivity index (χ0v) is 19.2. The summed E-state index contributed by atoms with van der Waals surface area (Å²) in [4.78, 5) is 34.6. The van der Waals surface area contributed by atoms with Gasteiger partial charge < -0.3 is 19.6 Å². The Morgan fingerprint density at radius 3 is 2.79 bits per heavy atom. The maximum atomic E-state index is 13.1. The van der Waals surface area contributed by atoms with Crippen LogP contribution in [0.4, 0.5) is 8.78 Å². The van der Waals surface area contributed by atoms with Crippen molar-refractivity contribution < 1.29 is 23.5 Å². The minimum atomic E-state index is -2.68. The first-order valence-electron chi connectivity index (χ1n) is 11.3. The van der Waals surface area contributed by atoms with Crippen LogP contribution in [0.15, 0.2) is 47.5 Å². The second kappa shape index (κ2) is 9.89. The van der Waals surface area contributed by atoms with Crippen LogP contribution in [-0.4, -0.2) is 51.6 Å². The molecule has 2 unspecified atom stereocenters. The number of imidazole rings is 1. The number of alkyl halides is 2. The highest BCUT2D eigenvalue weighted by atomic mass is 19.3. The summed E-state index contributed by atoms with van der Waals surface area (Å²) in [5.74, 6) is -0.902. The Balaban J connectivity index is 1.78. The molecule has 7 nitrogen and oxygen atoms in total. The number of H-pyrrole nitrogens is 1. The first-order chi connectivity index (χ1) is 16.3. The Kier molecular flexibility index (Phi) is 6.92. The number of carbonyl (C=O) groups is 2. The summed E-state index contributed by atoms with van der Waals surface area (Å²) in [6.45, 7) is 2.96. The van der Waals surface area contributed by atoms with Crippen molar-refractivity contribution in [2.45, 2.75) is 38.7 Å². The fourth-order valence-corrected chi connectivity index (χ4v) is 4.36.